The van der Waals surface area contributed by atoms with E-state index in [1.54, 1.807) is 14.2 Å². The van der Waals surface area contributed by atoms with Crippen LogP contribution in [0.25, 0.3) is 0 Å². The maximum atomic E-state index is 5.26. The molecule has 0 spiro atoms. The van der Waals surface area contributed by atoms with Crippen molar-refractivity contribution in [3.8, 4) is 11.5 Å². The third kappa shape index (κ3) is 3.33. The van der Waals surface area contributed by atoms with E-state index in [9.17, 15) is 0 Å². The van der Waals surface area contributed by atoms with Crippen molar-refractivity contribution in [2.45, 2.75) is 20.9 Å². The highest BCUT2D eigenvalue weighted by atomic mass is 32.1. The van der Waals surface area contributed by atoms with E-state index < -0.39 is 0 Å². The topological polar surface area (TPSA) is 30.8 Å². The molecule has 0 N–H and O–H groups in total. The third-order valence-corrected chi connectivity index (χ3v) is 2.18. The maximum Gasteiger partial charge on any atom is 0.127 e. The van der Waals surface area contributed by atoms with Gasteiger partial charge in [0, 0.05) is 0 Å². The van der Waals surface area contributed by atoms with Gasteiger partial charge in [-0.25, -0.2) is 4.99 Å². The van der Waals surface area contributed by atoms with Gasteiger partial charge >= 0.3 is 0 Å². The molecule has 0 amide bonds. The van der Waals surface area contributed by atoms with Gasteiger partial charge in [-0.15, -0.1) is 0 Å². The first-order chi connectivity index (χ1) is 7.22. The van der Waals surface area contributed by atoms with Gasteiger partial charge in [-0.05, 0) is 36.8 Å². The lowest BCUT2D eigenvalue weighted by molar-refractivity contribution is 0.385. The van der Waals surface area contributed by atoms with Crippen LogP contribution in [0.1, 0.15) is 18.6 Å². The van der Waals surface area contributed by atoms with Gasteiger partial charge in [-0.1, -0.05) is 7.43 Å². The maximum absolute atomic E-state index is 5.26. The first-order valence-corrected chi connectivity index (χ1v) is 4.89. The van der Waals surface area contributed by atoms with Crippen molar-refractivity contribution in [3.63, 3.8) is 0 Å². The third-order valence-electron chi connectivity index (χ3n) is 2.05. The fourth-order valence-corrected chi connectivity index (χ4v) is 1.45. The molecule has 0 bridgehead atoms. The smallest absolute Gasteiger partial charge is 0.127 e. The number of benzene rings is 1. The predicted molar refractivity (Wildman–Crippen MR) is 69.7 cm³/mol. The Morgan fingerprint density at radius 1 is 1.25 bits per heavy atom. The van der Waals surface area contributed by atoms with E-state index in [0.29, 0.717) is 6.54 Å². The molecule has 0 fully saturated rings. The first kappa shape index (κ1) is 14.6. The number of hydrogen-bond acceptors (Lipinski definition) is 4. The standard InChI is InChI=1S/C11H13NO2S.CH4/c1-8-4-10(13-2)9(6-12-7-15)11(5-8)14-3;/h4-5H,6H2,1-3H3;1H4. The Balaban J connectivity index is 0.00000225. The molecule has 1 aromatic carbocycles. The van der Waals surface area contributed by atoms with E-state index in [4.69, 9.17) is 9.47 Å². The molecule has 0 aliphatic rings. The quantitative estimate of drug-likeness (QED) is 0.597. The Morgan fingerprint density at radius 2 is 1.75 bits per heavy atom. The largest absolute Gasteiger partial charge is 0.496 e. The lowest BCUT2D eigenvalue weighted by Crippen LogP contribution is -1.96. The first-order valence-electron chi connectivity index (χ1n) is 4.48. The Morgan fingerprint density at radius 3 is 2.12 bits per heavy atom. The monoisotopic (exact) mass is 239 g/mol. The van der Waals surface area contributed by atoms with Crippen molar-refractivity contribution in [1.82, 2.24) is 0 Å². The summed E-state index contributed by atoms with van der Waals surface area (Å²) in [5.74, 6) is 1.53. The van der Waals surface area contributed by atoms with Crippen molar-refractivity contribution in [1.29, 1.82) is 0 Å². The number of hydrogen-bond donors (Lipinski definition) is 0. The summed E-state index contributed by atoms with van der Waals surface area (Å²) in [6.45, 7) is 2.41. The molecule has 0 aromatic heterocycles. The van der Waals surface area contributed by atoms with Crippen LogP contribution >= 0.6 is 12.2 Å². The number of thiocarbonyl (C=S) groups is 1. The molecule has 0 radical (unpaired) electrons. The summed E-state index contributed by atoms with van der Waals surface area (Å²) in [4.78, 5) is 3.89. The number of aliphatic imine (C=N–C) groups is 1. The zero-order valence-electron chi connectivity index (χ0n) is 9.03. The van der Waals surface area contributed by atoms with Crippen LogP contribution in [0.15, 0.2) is 17.1 Å². The van der Waals surface area contributed by atoms with E-state index >= 15 is 0 Å². The highest BCUT2D eigenvalue weighted by Crippen LogP contribution is 2.30. The summed E-state index contributed by atoms with van der Waals surface area (Å²) < 4.78 is 10.5. The number of aryl methyl sites for hydroxylation is 1. The van der Waals surface area contributed by atoms with Gasteiger partial charge < -0.3 is 9.47 Å². The van der Waals surface area contributed by atoms with Gasteiger partial charge in [-0.3, -0.25) is 0 Å². The summed E-state index contributed by atoms with van der Waals surface area (Å²) in [6.07, 6.45) is 0. The molecule has 0 unspecified atom stereocenters. The van der Waals surface area contributed by atoms with E-state index in [-0.39, 0.29) is 7.43 Å². The number of rotatable bonds is 4. The predicted octanol–water partition coefficient (Wildman–Crippen LogP) is 3.25. The minimum Gasteiger partial charge on any atom is -0.496 e. The fourth-order valence-electron chi connectivity index (χ4n) is 1.38. The van der Waals surface area contributed by atoms with Gasteiger partial charge in [0.15, 0.2) is 0 Å². The number of methoxy groups -OCH3 is 2. The summed E-state index contributed by atoms with van der Waals surface area (Å²) in [5.41, 5.74) is 1.97. The zero-order valence-corrected chi connectivity index (χ0v) is 9.85. The van der Waals surface area contributed by atoms with Gasteiger partial charge in [0.1, 0.15) is 11.5 Å². The molecule has 4 heteroatoms. The van der Waals surface area contributed by atoms with Crippen LogP contribution in [-0.4, -0.2) is 19.4 Å². The Kier molecular flexibility index (Phi) is 6.38. The van der Waals surface area contributed by atoms with E-state index in [1.165, 1.54) is 0 Å². The molecule has 0 saturated carbocycles. The normalized spacial score (nSPS) is 8.69. The van der Waals surface area contributed by atoms with Gasteiger partial charge in [0.25, 0.3) is 0 Å². The second kappa shape index (κ2) is 6.99. The molecular weight excluding hydrogens is 222 g/mol. The lowest BCUT2D eigenvalue weighted by atomic mass is 10.1. The minimum absolute atomic E-state index is 0. The highest BCUT2D eigenvalue weighted by Gasteiger charge is 2.10. The second-order valence-corrected chi connectivity index (χ2v) is 3.24. The summed E-state index contributed by atoms with van der Waals surface area (Å²) in [5, 5.41) is 2.33. The number of ether oxygens (including phenoxy) is 2. The minimum atomic E-state index is 0. The molecule has 1 rings (SSSR count). The van der Waals surface area contributed by atoms with Crippen LogP contribution in [0.4, 0.5) is 0 Å². The van der Waals surface area contributed by atoms with Crippen LogP contribution in [-0.2, 0) is 6.54 Å². The summed E-state index contributed by atoms with van der Waals surface area (Å²) in [6, 6.07) is 3.88. The van der Waals surface area contributed by atoms with Crippen LogP contribution in [0.2, 0.25) is 0 Å². The average Bonchev–Trinajstić information content (AvgIpc) is 2.26. The molecule has 0 atom stereocenters. The fraction of sp³-hybridized carbons (Fsp3) is 0.417. The van der Waals surface area contributed by atoms with Gasteiger partial charge in [0.05, 0.1) is 31.5 Å². The number of isothiocyanates is 1. The Bertz CT molecular complexity index is 373. The molecule has 0 saturated heterocycles. The van der Waals surface area contributed by atoms with Crippen molar-refractivity contribution in [3.05, 3.63) is 23.3 Å². The van der Waals surface area contributed by atoms with E-state index in [1.807, 2.05) is 19.1 Å². The molecule has 0 aliphatic carbocycles. The number of nitrogens with zero attached hydrogens (tertiary/aromatic N) is 1. The van der Waals surface area contributed by atoms with Crippen molar-refractivity contribution in [2.75, 3.05) is 14.2 Å². The lowest BCUT2D eigenvalue weighted by Gasteiger charge is -2.12. The molecule has 0 heterocycles. The van der Waals surface area contributed by atoms with Gasteiger partial charge in [-0.2, -0.15) is 0 Å². The zero-order chi connectivity index (χ0) is 11.3. The Hall–Kier alpha value is -1.38. The second-order valence-electron chi connectivity index (χ2n) is 3.06. The van der Waals surface area contributed by atoms with Crippen molar-refractivity contribution >= 4 is 17.4 Å². The molecule has 88 valence electrons. The Labute approximate surface area is 102 Å². The highest BCUT2D eigenvalue weighted by molar-refractivity contribution is 7.78. The van der Waals surface area contributed by atoms with Crippen LogP contribution in [0.3, 0.4) is 0 Å². The van der Waals surface area contributed by atoms with Crippen molar-refractivity contribution < 1.29 is 9.47 Å². The SMILES string of the molecule is C.COc1cc(C)cc(OC)c1CN=C=S. The molecule has 16 heavy (non-hydrogen) atoms. The van der Waals surface area contributed by atoms with Crippen LogP contribution in [0, 0.1) is 6.92 Å². The van der Waals surface area contributed by atoms with Crippen molar-refractivity contribution in [2.24, 2.45) is 4.99 Å². The van der Waals surface area contributed by atoms with Crippen LogP contribution in [0.5, 0.6) is 11.5 Å². The molecular formula is C12H17NO2S. The summed E-state index contributed by atoms with van der Waals surface area (Å²) in [7, 11) is 3.25. The van der Waals surface area contributed by atoms with Gasteiger partial charge in [0.2, 0.25) is 0 Å². The summed E-state index contributed by atoms with van der Waals surface area (Å²) >= 11 is 4.54. The van der Waals surface area contributed by atoms with E-state index in [0.717, 1.165) is 22.6 Å². The molecule has 3 nitrogen and oxygen atoms in total. The molecule has 0 aliphatic heterocycles. The van der Waals surface area contributed by atoms with E-state index in [2.05, 4.69) is 22.4 Å². The average molecular weight is 239 g/mol. The molecule has 1 aromatic rings. The van der Waals surface area contributed by atoms with Crippen LogP contribution < -0.4 is 9.47 Å².